The number of rotatable bonds is 3. The van der Waals surface area contributed by atoms with E-state index in [2.05, 4.69) is 21.4 Å². The first kappa shape index (κ1) is 14.0. The molecule has 6 nitrogen and oxygen atoms in total. The van der Waals surface area contributed by atoms with Gasteiger partial charge in [-0.05, 0) is 36.4 Å². The summed E-state index contributed by atoms with van der Waals surface area (Å²) in [4.78, 5) is 8.60. The molecule has 0 atom stereocenters. The summed E-state index contributed by atoms with van der Waals surface area (Å²) in [6.45, 7) is 0. The van der Waals surface area contributed by atoms with Gasteiger partial charge in [0.05, 0.1) is 18.7 Å². The molecule has 0 unspecified atom stereocenters. The fourth-order valence-corrected chi connectivity index (χ4v) is 2.54. The lowest BCUT2D eigenvalue weighted by Gasteiger charge is -2.05. The van der Waals surface area contributed by atoms with Crippen LogP contribution in [0.5, 0.6) is 5.75 Å². The summed E-state index contributed by atoms with van der Waals surface area (Å²) in [6.07, 6.45) is 1.49. The lowest BCUT2D eigenvalue weighted by molar-refractivity contribution is 0.414. The Kier molecular flexibility index (Phi) is 3.25. The highest BCUT2D eigenvalue weighted by atomic mass is 16.5. The number of benzene rings is 2. The third kappa shape index (κ3) is 2.29. The third-order valence-electron chi connectivity index (χ3n) is 3.74. The standard InChI is InChI=1S/C18H12N4O2/c1-23-13-6-7-14-15(8-13)24-17-16(14)20-10-21-18(17)22-12-4-2-11(9-19)3-5-12/h2-8,10H,1H3,(H,20,21,22). The number of hydrogen-bond donors (Lipinski definition) is 1. The summed E-state index contributed by atoms with van der Waals surface area (Å²) in [7, 11) is 1.61. The highest BCUT2D eigenvalue weighted by molar-refractivity contribution is 6.06. The van der Waals surface area contributed by atoms with E-state index < -0.39 is 0 Å². The van der Waals surface area contributed by atoms with Gasteiger partial charge in [0.2, 0.25) is 0 Å². The van der Waals surface area contributed by atoms with Gasteiger partial charge in [0.1, 0.15) is 23.2 Å². The molecule has 0 saturated carbocycles. The second-order valence-electron chi connectivity index (χ2n) is 5.18. The summed E-state index contributed by atoms with van der Waals surface area (Å²) in [5, 5.41) is 13.0. The lowest BCUT2D eigenvalue weighted by atomic mass is 10.2. The monoisotopic (exact) mass is 316 g/mol. The Morgan fingerprint density at radius 3 is 2.71 bits per heavy atom. The van der Waals surface area contributed by atoms with Crippen LogP contribution < -0.4 is 10.1 Å². The molecule has 0 saturated heterocycles. The predicted octanol–water partition coefficient (Wildman–Crippen LogP) is 4.00. The Hall–Kier alpha value is -3.59. The van der Waals surface area contributed by atoms with Crippen molar-refractivity contribution >= 4 is 33.6 Å². The largest absolute Gasteiger partial charge is 0.497 e. The fourth-order valence-electron chi connectivity index (χ4n) is 2.54. The van der Waals surface area contributed by atoms with Crippen LogP contribution in [-0.2, 0) is 0 Å². The number of fused-ring (bicyclic) bond motifs is 3. The van der Waals surface area contributed by atoms with E-state index in [0.717, 1.165) is 22.3 Å². The Morgan fingerprint density at radius 2 is 1.96 bits per heavy atom. The van der Waals surface area contributed by atoms with Gasteiger partial charge in [-0.15, -0.1) is 0 Å². The number of nitriles is 1. The molecule has 1 N–H and O–H groups in total. The lowest BCUT2D eigenvalue weighted by Crippen LogP contribution is -1.94. The van der Waals surface area contributed by atoms with Gasteiger partial charge in [0, 0.05) is 17.1 Å². The zero-order valence-corrected chi connectivity index (χ0v) is 12.8. The molecule has 0 aliphatic rings. The van der Waals surface area contributed by atoms with Crippen LogP contribution in [0, 0.1) is 11.3 Å². The Labute approximate surface area is 137 Å². The van der Waals surface area contributed by atoms with Crippen LogP contribution in [0.25, 0.3) is 22.1 Å². The van der Waals surface area contributed by atoms with Gasteiger partial charge in [-0.3, -0.25) is 0 Å². The number of aromatic nitrogens is 2. The third-order valence-corrected chi connectivity index (χ3v) is 3.74. The van der Waals surface area contributed by atoms with Gasteiger partial charge < -0.3 is 14.5 Å². The zero-order valence-electron chi connectivity index (χ0n) is 12.8. The van der Waals surface area contributed by atoms with Gasteiger partial charge in [0.15, 0.2) is 11.4 Å². The SMILES string of the molecule is COc1ccc2c(c1)oc1c(Nc3ccc(C#N)cc3)ncnc12. The van der Waals surface area contributed by atoms with Crippen molar-refractivity contribution in [2.75, 3.05) is 12.4 Å². The first-order valence-electron chi connectivity index (χ1n) is 7.27. The molecule has 4 aromatic rings. The molecule has 0 aliphatic heterocycles. The number of nitrogens with one attached hydrogen (secondary N) is 1. The van der Waals surface area contributed by atoms with Crippen molar-refractivity contribution in [3.63, 3.8) is 0 Å². The van der Waals surface area contributed by atoms with Crippen molar-refractivity contribution in [3.05, 3.63) is 54.4 Å². The van der Waals surface area contributed by atoms with Crippen molar-refractivity contribution in [2.24, 2.45) is 0 Å². The van der Waals surface area contributed by atoms with Gasteiger partial charge >= 0.3 is 0 Å². The molecule has 0 fully saturated rings. The minimum Gasteiger partial charge on any atom is -0.497 e. The molecule has 2 heterocycles. The van der Waals surface area contributed by atoms with Crippen molar-refractivity contribution < 1.29 is 9.15 Å². The molecule has 0 spiro atoms. The Bertz CT molecular complexity index is 1080. The highest BCUT2D eigenvalue weighted by Crippen LogP contribution is 2.33. The molecule has 2 aromatic carbocycles. The zero-order chi connectivity index (χ0) is 16.5. The van der Waals surface area contributed by atoms with E-state index >= 15 is 0 Å². The maximum absolute atomic E-state index is 8.87. The average Bonchev–Trinajstić information content (AvgIpc) is 3.01. The Balaban J connectivity index is 1.81. The second kappa shape index (κ2) is 5.56. The first-order valence-corrected chi connectivity index (χ1v) is 7.27. The molecule has 0 aliphatic carbocycles. The molecule has 0 bridgehead atoms. The van der Waals surface area contributed by atoms with E-state index in [1.54, 1.807) is 19.2 Å². The highest BCUT2D eigenvalue weighted by Gasteiger charge is 2.14. The maximum Gasteiger partial charge on any atom is 0.196 e. The van der Waals surface area contributed by atoms with E-state index in [1.807, 2.05) is 30.3 Å². The molecule has 2 aromatic heterocycles. The summed E-state index contributed by atoms with van der Waals surface area (Å²) in [5.74, 6) is 1.29. The Morgan fingerprint density at radius 1 is 1.12 bits per heavy atom. The van der Waals surface area contributed by atoms with E-state index in [9.17, 15) is 0 Å². The van der Waals surface area contributed by atoms with Crippen LogP contribution in [0.3, 0.4) is 0 Å². The number of anilines is 2. The molecule has 4 rings (SSSR count). The second-order valence-corrected chi connectivity index (χ2v) is 5.18. The quantitative estimate of drug-likeness (QED) is 0.615. The van der Waals surface area contributed by atoms with Crippen molar-refractivity contribution in [3.8, 4) is 11.8 Å². The van der Waals surface area contributed by atoms with E-state index in [-0.39, 0.29) is 0 Å². The molecule has 0 radical (unpaired) electrons. The molecular weight excluding hydrogens is 304 g/mol. The van der Waals surface area contributed by atoms with Crippen LogP contribution in [0.1, 0.15) is 5.56 Å². The summed E-state index contributed by atoms with van der Waals surface area (Å²) >= 11 is 0. The fraction of sp³-hybridized carbons (Fsp3) is 0.0556. The van der Waals surface area contributed by atoms with Gasteiger partial charge in [0.25, 0.3) is 0 Å². The first-order chi connectivity index (χ1) is 11.8. The normalized spacial score (nSPS) is 10.7. The van der Waals surface area contributed by atoms with Crippen LogP contribution in [0.2, 0.25) is 0 Å². The molecule has 24 heavy (non-hydrogen) atoms. The predicted molar refractivity (Wildman–Crippen MR) is 90.3 cm³/mol. The van der Waals surface area contributed by atoms with Gasteiger partial charge in [-0.25, -0.2) is 9.97 Å². The average molecular weight is 316 g/mol. The number of hydrogen-bond acceptors (Lipinski definition) is 6. The maximum atomic E-state index is 8.87. The van der Waals surface area contributed by atoms with Crippen LogP contribution >= 0.6 is 0 Å². The van der Waals surface area contributed by atoms with Crippen molar-refractivity contribution in [2.45, 2.75) is 0 Å². The number of nitrogens with zero attached hydrogens (tertiary/aromatic N) is 3. The smallest absolute Gasteiger partial charge is 0.196 e. The summed E-state index contributed by atoms with van der Waals surface area (Å²) in [6, 6.07) is 14.8. The minimum atomic E-state index is 0.569. The van der Waals surface area contributed by atoms with E-state index in [0.29, 0.717) is 22.5 Å². The summed E-state index contributed by atoms with van der Waals surface area (Å²) < 4.78 is 11.2. The van der Waals surface area contributed by atoms with Crippen LogP contribution in [0.15, 0.2) is 53.2 Å². The molecular formula is C18H12N4O2. The van der Waals surface area contributed by atoms with Crippen LogP contribution in [0.4, 0.5) is 11.5 Å². The summed E-state index contributed by atoms with van der Waals surface area (Å²) in [5.41, 5.74) is 3.41. The van der Waals surface area contributed by atoms with Crippen molar-refractivity contribution in [1.82, 2.24) is 9.97 Å². The number of methoxy groups -OCH3 is 1. The van der Waals surface area contributed by atoms with E-state index in [1.165, 1.54) is 6.33 Å². The molecule has 0 amide bonds. The van der Waals surface area contributed by atoms with Crippen molar-refractivity contribution in [1.29, 1.82) is 5.26 Å². The molecule has 116 valence electrons. The van der Waals surface area contributed by atoms with Gasteiger partial charge in [-0.2, -0.15) is 5.26 Å². The van der Waals surface area contributed by atoms with Crippen LogP contribution in [-0.4, -0.2) is 17.1 Å². The van der Waals surface area contributed by atoms with Gasteiger partial charge in [-0.1, -0.05) is 0 Å². The topological polar surface area (TPSA) is 84.0 Å². The molecule has 6 heteroatoms. The number of ether oxygens (including phenoxy) is 1. The number of furan rings is 1. The van der Waals surface area contributed by atoms with E-state index in [4.69, 9.17) is 14.4 Å². The minimum absolute atomic E-state index is 0.569.